The molecule has 0 atom stereocenters. The van der Waals surface area contributed by atoms with Gasteiger partial charge in [-0.2, -0.15) is 0 Å². The standard InChI is InChI=1S/C13H12FN3O2S/c1-8-2-3-9(6-10(8)14)16-12(19)7-20-13-15-5-4-11(18)17-13/h2-6H,7H2,1H3,(H,16,19)(H,15,17,18). The Kier molecular flexibility index (Phi) is 4.52. The summed E-state index contributed by atoms with van der Waals surface area (Å²) in [6.07, 6.45) is 1.37. The number of rotatable bonds is 4. The van der Waals surface area contributed by atoms with Crippen molar-refractivity contribution in [1.82, 2.24) is 9.97 Å². The molecule has 0 aliphatic rings. The van der Waals surface area contributed by atoms with Crippen molar-refractivity contribution in [3.05, 3.63) is 52.2 Å². The summed E-state index contributed by atoms with van der Waals surface area (Å²) in [4.78, 5) is 29.1. The number of aromatic amines is 1. The zero-order chi connectivity index (χ0) is 14.5. The van der Waals surface area contributed by atoms with E-state index in [2.05, 4.69) is 15.3 Å². The Morgan fingerprint density at radius 3 is 2.95 bits per heavy atom. The zero-order valence-corrected chi connectivity index (χ0v) is 11.5. The maximum absolute atomic E-state index is 13.3. The second-order valence-corrected chi connectivity index (χ2v) is 5.00. The summed E-state index contributed by atoms with van der Waals surface area (Å²) in [5.41, 5.74) is 0.639. The average Bonchev–Trinajstić information content (AvgIpc) is 2.41. The molecule has 0 radical (unpaired) electrons. The molecule has 1 aromatic carbocycles. The van der Waals surface area contributed by atoms with Crippen molar-refractivity contribution in [3.8, 4) is 0 Å². The van der Waals surface area contributed by atoms with Crippen LogP contribution in [0, 0.1) is 12.7 Å². The van der Waals surface area contributed by atoms with Gasteiger partial charge in [0.05, 0.1) is 5.75 Å². The highest BCUT2D eigenvalue weighted by Crippen LogP contribution is 2.15. The summed E-state index contributed by atoms with van der Waals surface area (Å²) >= 11 is 1.10. The van der Waals surface area contributed by atoms with Crippen LogP contribution in [0.1, 0.15) is 5.56 Å². The van der Waals surface area contributed by atoms with E-state index in [1.807, 2.05) is 0 Å². The quantitative estimate of drug-likeness (QED) is 0.667. The van der Waals surface area contributed by atoms with Crippen molar-refractivity contribution >= 4 is 23.4 Å². The largest absolute Gasteiger partial charge is 0.325 e. The molecule has 0 fully saturated rings. The third-order valence-corrected chi connectivity index (χ3v) is 3.33. The number of carbonyl (C=O) groups excluding carboxylic acids is 1. The van der Waals surface area contributed by atoms with E-state index in [1.165, 1.54) is 18.3 Å². The van der Waals surface area contributed by atoms with Crippen LogP contribution in [0.2, 0.25) is 0 Å². The lowest BCUT2D eigenvalue weighted by Crippen LogP contribution is -2.15. The maximum Gasteiger partial charge on any atom is 0.251 e. The van der Waals surface area contributed by atoms with Gasteiger partial charge in [-0.15, -0.1) is 0 Å². The molecule has 0 aliphatic carbocycles. The van der Waals surface area contributed by atoms with Crippen LogP contribution in [0.25, 0.3) is 0 Å². The number of thioether (sulfide) groups is 1. The van der Waals surface area contributed by atoms with E-state index in [-0.39, 0.29) is 23.0 Å². The lowest BCUT2D eigenvalue weighted by molar-refractivity contribution is -0.113. The molecule has 1 heterocycles. The lowest BCUT2D eigenvalue weighted by Gasteiger charge is -2.06. The fraction of sp³-hybridized carbons (Fsp3) is 0.154. The predicted octanol–water partition coefficient (Wildman–Crippen LogP) is 1.95. The third-order valence-electron chi connectivity index (χ3n) is 2.44. The zero-order valence-electron chi connectivity index (χ0n) is 10.6. The highest BCUT2D eigenvalue weighted by Gasteiger charge is 2.06. The number of amides is 1. The average molecular weight is 293 g/mol. The van der Waals surface area contributed by atoms with Gasteiger partial charge in [0.15, 0.2) is 5.16 Å². The molecule has 0 unspecified atom stereocenters. The van der Waals surface area contributed by atoms with Crippen molar-refractivity contribution < 1.29 is 9.18 Å². The van der Waals surface area contributed by atoms with E-state index in [9.17, 15) is 14.0 Å². The first-order valence-electron chi connectivity index (χ1n) is 5.79. The first-order chi connectivity index (χ1) is 9.54. The fourth-order valence-electron chi connectivity index (χ4n) is 1.43. The first kappa shape index (κ1) is 14.3. The molecule has 7 heteroatoms. The molecular formula is C13H12FN3O2S. The number of aromatic nitrogens is 2. The Morgan fingerprint density at radius 2 is 2.25 bits per heavy atom. The number of anilines is 1. The van der Waals surface area contributed by atoms with E-state index in [0.29, 0.717) is 16.4 Å². The van der Waals surface area contributed by atoms with Crippen LogP contribution in [0.15, 0.2) is 40.4 Å². The summed E-state index contributed by atoms with van der Waals surface area (Å²) in [5.74, 6) is -0.600. The lowest BCUT2D eigenvalue weighted by atomic mass is 10.2. The Labute approximate surface area is 118 Å². The second kappa shape index (κ2) is 6.33. The summed E-state index contributed by atoms with van der Waals surface area (Å²) in [7, 11) is 0. The minimum Gasteiger partial charge on any atom is -0.325 e. The molecule has 1 amide bonds. The number of aryl methyl sites for hydroxylation is 1. The van der Waals surface area contributed by atoms with Crippen LogP contribution in [0.4, 0.5) is 10.1 Å². The molecule has 2 N–H and O–H groups in total. The fourth-order valence-corrected chi connectivity index (χ4v) is 2.08. The van der Waals surface area contributed by atoms with E-state index in [0.717, 1.165) is 11.8 Å². The summed E-state index contributed by atoms with van der Waals surface area (Å²) in [6.45, 7) is 1.65. The van der Waals surface area contributed by atoms with Crippen molar-refractivity contribution in [2.45, 2.75) is 12.1 Å². The van der Waals surface area contributed by atoms with E-state index < -0.39 is 0 Å². The molecule has 2 rings (SSSR count). The van der Waals surface area contributed by atoms with E-state index in [4.69, 9.17) is 0 Å². The predicted molar refractivity (Wildman–Crippen MR) is 75.3 cm³/mol. The number of hydrogen-bond acceptors (Lipinski definition) is 4. The van der Waals surface area contributed by atoms with Gasteiger partial charge in [-0.25, -0.2) is 9.37 Å². The minimum absolute atomic E-state index is 0.0719. The molecule has 0 bridgehead atoms. The smallest absolute Gasteiger partial charge is 0.251 e. The van der Waals surface area contributed by atoms with Gasteiger partial charge in [0, 0.05) is 18.0 Å². The van der Waals surface area contributed by atoms with Gasteiger partial charge in [-0.1, -0.05) is 17.8 Å². The Bertz CT molecular complexity index is 687. The van der Waals surface area contributed by atoms with E-state index in [1.54, 1.807) is 19.1 Å². The molecule has 104 valence electrons. The van der Waals surface area contributed by atoms with Gasteiger partial charge < -0.3 is 10.3 Å². The van der Waals surface area contributed by atoms with Crippen molar-refractivity contribution in [2.24, 2.45) is 0 Å². The number of benzene rings is 1. The van der Waals surface area contributed by atoms with Crippen molar-refractivity contribution in [3.63, 3.8) is 0 Å². The highest BCUT2D eigenvalue weighted by molar-refractivity contribution is 7.99. The minimum atomic E-state index is -0.371. The normalized spacial score (nSPS) is 10.3. The highest BCUT2D eigenvalue weighted by atomic mass is 32.2. The van der Waals surface area contributed by atoms with Gasteiger partial charge in [-0.3, -0.25) is 9.59 Å². The van der Waals surface area contributed by atoms with Gasteiger partial charge in [0.2, 0.25) is 5.91 Å². The summed E-state index contributed by atoms with van der Waals surface area (Å²) in [5, 5.41) is 2.94. The molecule has 2 aromatic rings. The van der Waals surface area contributed by atoms with Gasteiger partial charge >= 0.3 is 0 Å². The monoisotopic (exact) mass is 293 g/mol. The molecule has 0 aliphatic heterocycles. The third kappa shape index (κ3) is 3.92. The van der Waals surface area contributed by atoms with Crippen LogP contribution >= 0.6 is 11.8 Å². The molecule has 5 nitrogen and oxygen atoms in total. The molecular weight excluding hydrogens is 281 g/mol. The van der Waals surface area contributed by atoms with Crippen LogP contribution in [0.3, 0.4) is 0 Å². The topological polar surface area (TPSA) is 74.8 Å². The molecule has 1 aromatic heterocycles. The Morgan fingerprint density at radius 1 is 1.45 bits per heavy atom. The van der Waals surface area contributed by atoms with Crippen molar-refractivity contribution in [1.29, 1.82) is 0 Å². The van der Waals surface area contributed by atoms with Crippen LogP contribution in [-0.4, -0.2) is 21.6 Å². The number of nitrogens with zero attached hydrogens (tertiary/aromatic N) is 1. The SMILES string of the molecule is Cc1ccc(NC(=O)CSc2nccc(=O)[nH]2)cc1F. The summed E-state index contributed by atoms with van der Waals surface area (Å²) < 4.78 is 13.3. The second-order valence-electron chi connectivity index (χ2n) is 4.04. The molecule has 0 spiro atoms. The Hall–Kier alpha value is -2.15. The van der Waals surface area contributed by atoms with Crippen LogP contribution in [0.5, 0.6) is 0 Å². The van der Waals surface area contributed by atoms with Gasteiger partial charge in [0.1, 0.15) is 5.82 Å². The van der Waals surface area contributed by atoms with Gasteiger partial charge in [0.25, 0.3) is 5.56 Å². The first-order valence-corrected chi connectivity index (χ1v) is 6.77. The molecule has 0 saturated heterocycles. The maximum atomic E-state index is 13.3. The number of hydrogen-bond donors (Lipinski definition) is 2. The van der Waals surface area contributed by atoms with Crippen LogP contribution < -0.4 is 10.9 Å². The van der Waals surface area contributed by atoms with E-state index >= 15 is 0 Å². The molecule has 0 saturated carbocycles. The van der Waals surface area contributed by atoms with Crippen LogP contribution in [-0.2, 0) is 4.79 Å². The number of nitrogens with one attached hydrogen (secondary N) is 2. The molecule has 20 heavy (non-hydrogen) atoms. The number of halogens is 1. The Balaban J connectivity index is 1.92. The van der Waals surface area contributed by atoms with Gasteiger partial charge in [-0.05, 0) is 24.6 Å². The van der Waals surface area contributed by atoms with Crippen molar-refractivity contribution in [2.75, 3.05) is 11.1 Å². The summed E-state index contributed by atoms with van der Waals surface area (Å²) in [6, 6.07) is 5.78. The number of H-pyrrole nitrogens is 1. The number of carbonyl (C=O) groups is 1.